The molecule has 5 heteroatoms. The Bertz CT molecular complexity index is 5310. The summed E-state index contributed by atoms with van der Waals surface area (Å²) in [5, 5.41) is 8.32. The lowest BCUT2D eigenvalue weighted by atomic mass is 9.82. The van der Waals surface area contributed by atoms with Crippen LogP contribution < -0.4 is 0 Å². The summed E-state index contributed by atoms with van der Waals surface area (Å²) in [6.45, 7) is 4.72. The molecule has 0 aliphatic heterocycles. The SMILES string of the molecule is CC1(C)c2ccccc2-c2ccc(-n3c4ccccc4c4cc(-c5ccc6c(c5)c5cc(-c7ccc8c(c7)c7ccccc7n8-c7ccccc7)ccc5n6-c5cccc(-c6nc(-c7ccccc7)c7ccccc7n6)c5)ccc43)cc21. The third kappa shape index (κ3) is 6.93. The predicted octanol–water partition coefficient (Wildman–Crippen LogP) is 19.9. The van der Waals surface area contributed by atoms with Crippen molar-refractivity contribution in [1.29, 1.82) is 0 Å². The molecule has 0 saturated heterocycles. The number of rotatable bonds is 7. The van der Waals surface area contributed by atoms with Crippen LogP contribution in [-0.2, 0) is 5.41 Å². The Morgan fingerprint density at radius 3 is 1.32 bits per heavy atom. The summed E-state index contributed by atoms with van der Waals surface area (Å²) in [7, 11) is 0. The molecule has 1 aliphatic carbocycles. The first-order valence-corrected chi connectivity index (χ1v) is 28.3. The second-order valence-corrected chi connectivity index (χ2v) is 22.5. The summed E-state index contributed by atoms with van der Waals surface area (Å²) in [4.78, 5) is 10.5. The lowest BCUT2D eigenvalue weighted by molar-refractivity contribution is 0.660. The van der Waals surface area contributed by atoms with E-state index in [-0.39, 0.29) is 5.41 Å². The van der Waals surface area contributed by atoms with Gasteiger partial charge in [0.15, 0.2) is 5.82 Å². The molecule has 0 fully saturated rings. The average molecular weight is 1050 g/mol. The van der Waals surface area contributed by atoms with E-state index in [0.717, 1.165) is 61.3 Å². The molecule has 4 heterocycles. The summed E-state index contributed by atoms with van der Waals surface area (Å²) < 4.78 is 7.27. The fraction of sp³-hybridized carbons (Fsp3) is 0.0390. The highest BCUT2D eigenvalue weighted by Crippen LogP contribution is 2.50. The highest BCUT2D eigenvalue weighted by Gasteiger charge is 2.35. The van der Waals surface area contributed by atoms with E-state index < -0.39 is 0 Å². The van der Waals surface area contributed by atoms with Gasteiger partial charge in [-0.15, -0.1) is 0 Å². The second-order valence-electron chi connectivity index (χ2n) is 22.5. The van der Waals surface area contributed by atoms with Gasteiger partial charge >= 0.3 is 0 Å². The van der Waals surface area contributed by atoms with E-state index in [1.54, 1.807) is 0 Å². The molecule has 0 amide bonds. The number of para-hydroxylation sites is 4. The van der Waals surface area contributed by atoms with Crippen molar-refractivity contribution in [3.05, 3.63) is 284 Å². The number of nitrogens with zero attached hydrogens (tertiary/aromatic N) is 5. The molecule has 82 heavy (non-hydrogen) atoms. The highest BCUT2D eigenvalue weighted by atomic mass is 15.0. The van der Waals surface area contributed by atoms with Crippen LogP contribution in [-0.4, -0.2) is 23.7 Å². The zero-order chi connectivity index (χ0) is 54.2. The third-order valence-electron chi connectivity index (χ3n) is 17.6. The van der Waals surface area contributed by atoms with Crippen LogP contribution in [0, 0.1) is 0 Å². The fourth-order valence-electron chi connectivity index (χ4n) is 13.7. The van der Waals surface area contributed by atoms with E-state index >= 15 is 0 Å². The van der Waals surface area contributed by atoms with Crippen molar-refractivity contribution in [2.45, 2.75) is 19.3 Å². The maximum Gasteiger partial charge on any atom is 0.160 e. The predicted molar refractivity (Wildman–Crippen MR) is 342 cm³/mol. The minimum Gasteiger partial charge on any atom is -0.309 e. The molecule has 5 nitrogen and oxygen atoms in total. The first-order valence-electron chi connectivity index (χ1n) is 28.3. The summed E-state index contributed by atoms with van der Waals surface area (Å²) in [5.41, 5.74) is 24.2. The van der Waals surface area contributed by atoms with Crippen molar-refractivity contribution in [1.82, 2.24) is 23.7 Å². The van der Waals surface area contributed by atoms with Crippen LogP contribution in [0.1, 0.15) is 25.0 Å². The minimum atomic E-state index is -0.102. The fourth-order valence-corrected chi connectivity index (χ4v) is 13.7. The summed E-state index contributed by atoms with van der Waals surface area (Å²) in [6.07, 6.45) is 0. The molecule has 0 N–H and O–H groups in total. The quantitative estimate of drug-likeness (QED) is 0.160. The van der Waals surface area contributed by atoms with Crippen molar-refractivity contribution in [3.8, 4) is 73.1 Å². The zero-order valence-electron chi connectivity index (χ0n) is 45.2. The van der Waals surface area contributed by atoms with Gasteiger partial charge < -0.3 is 13.7 Å². The van der Waals surface area contributed by atoms with Crippen LogP contribution in [0.2, 0.25) is 0 Å². The molecular formula is C77H51N5. The van der Waals surface area contributed by atoms with Crippen LogP contribution in [0.3, 0.4) is 0 Å². The summed E-state index contributed by atoms with van der Waals surface area (Å²) >= 11 is 0. The Balaban J connectivity index is 0.840. The first-order chi connectivity index (χ1) is 40.4. The summed E-state index contributed by atoms with van der Waals surface area (Å²) in [6, 6.07) is 99.9. The van der Waals surface area contributed by atoms with Gasteiger partial charge in [-0.1, -0.05) is 184 Å². The topological polar surface area (TPSA) is 40.6 Å². The Morgan fingerprint density at radius 2 is 0.707 bits per heavy atom. The van der Waals surface area contributed by atoms with E-state index in [4.69, 9.17) is 9.97 Å². The smallest absolute Gasteiger partial charge is 0.160 e. The van der Waals surface area contributed by atoms with Gasteiger partial charge in [0.2, 0.25) is 0 Å². The molecule has 1 aliphatic rings. The first kappa shape index (κ1) is 46.3. The average Bonchev–Trinajstić information content (AvgIpc) is 4.35. The normalized spacial score (nSPS) is 12.9. The number of aromatic nitrogens is 5. The van der Waals surface area contributed by atoms with Crippen molar-refractivity contribution in [3.63, 3.8) is 0 Å². The van der Waals surface area contributed by atoms with Gasteiger partial charge in [-0.05, 0) is 148 Å². The molecule has 0 atom stereocenters. The monoisotopic (exact) mass is 1050 g/mol. The minimum absolute atomic E-state index is 0.102. The lowest BCUT2D eigenvalue weighted by Gasteiger charge is -2.22. The van der Waals surface area contributed by atoms with E-state index in [2.05, 4.69) is 294 Å². The van der Waals surface area contributed by atoms with Gasteiger partial charge in [0, 0.05) is 71.3 Å². The molecule has 0 unspecified atom stereocenters. The zero-order valence-corrected chi connectivity index (χ0v) is 45.2. The van der Waals surface area contributed by atoms with Gasteiger partial charge in [0.25, 0.3) is 0 Å². The van der Waals surface area contributed by atoms with Crippen LogP contribution in [0.15, 0.2) is 273 Å². The standard InChI is InChI=1S/C77H51N5/c1-77(2)66-28-13-9-24-57(66)58-37-36-56(47-67(58)77)82-70-31-16-12-26-60(70)63-44-50(33-39-72(63)82)52-35-41-74-65(46-52)64-45-51(49-32-38-71-62(43-49)59-25-11-15-30-69(59)80(71)54-21-7-4-8-22-54)34-40-73(64)81(74)55-23-17-20-53(42-55)76-78-68-29-14-10-27-61(68)75(79-76)48-18-5-3-6-19-48/h3-47H,1-2H3. The van der Waals surface area contributed by atoms with E-state index in [9.17, 15) is 0 Å². The molecule has 384 valence electrons. The maximum absolute atomic E-state index is 5.30. The Labute approximate surface area is 473 Å². The molecule has 0 bridgehead atoms. The van der Waals surface area contributed by atoms with Crippen LogP contribution >= 0.6 is 0 Å². The number of hydrogen-bond donors (Lipinski definition) is 0. The third-order valence-corrected chi connectivity index (χ3v) is 17.6. The maximum atomic E-state index is 5.30. The molecule has 16 aromatic rings. The van der Waals surface area contributed by atoms with Gasteiger partial charge in [-0.3, -0.25) is 0 Å². The van der Waals surface area contributed by atoms with Crippen molar-refractivity contribution in [2.24, 2.45) is 0 Å². The Hall–Kier alpha value is -10.6. The molecule has 0 radical (unpaired) electrons. The Kier molecular flexibility index (Phi) is 9.99. The molecule has 0 saturated carbocycles. The van der Waals surface area contributed by atoms with E-state index in [1.165, 1.54) is 93.5 Å². The highest BCUT2D eigenvalue weighted by molar-refractivity contribution is 6.15. The van der Waals surface area contributed by atoms with E-state index in [1.807, 2.05) is 6.07 Å². The van der Waals surface area contributed by atoms with Crippen LogP contribution in [0.25, 0.3) is 149 Å². The lowest BCUT2D eigenvalue weighted by Crippen LogP contribution is -2.15. The molecular weight excluding hydrogens is 995 g/mol. The summed E-state index contributed by atoms with van der Waals surface area (Å²) in [5.74, 6) is 0.691. The molecule has 12 aromatic carbocycles. The van der Waals surface area contributed by atoms with Crippen molar-refractivity contribution >= 4 is 76.3 Å². The molecule has 4 aromatic heterocycles. The molecule has 17 rings (SSSR count). The number of benzene rings is 12. The van der Waals surface area contributed by atoms with Crippen LogP contribution in [0.5, 0.6) is 0 Å². The van der Waals surface area contributed by atoms with Gasteiger partial charge in [0.05, 0.1) is 44.3 Å². The second kappa shape index (κ2) is 17.7. The van der Waals surface area contributed by atoms with E-state index in [0.29, 0.717) is 5.82 Å². The van der Waals surface area contributed by atoms with Gasteiger partial charge in [-0.2, -0.15) is 0 Å². The Morgan fingerprint density at radius 1 is 0.268 bits per heavy atom. The van der Waals surface area contributed by atoms with Gasteiger partial charge in [0.1, 0.15) is 0 Å². The van der Waals surface area contributed by atoms with Crippen molar-refractivity contribution in [2.75, 3.05) is 0 Å². The largest absolute Gasteiger partial charge is 0.309 e. The van der Waals surface area contributed by atoms with Crippen LogP contribution in [0.4, 0.5) is 0 Å². The number of fused-ring (bicyclic) bond motifs is 13. The number of hydrogen-bond acceptors (Lipinski definition) is 2. The van der Waals surface area contributed by atoms with Gasteiger partial charge in [-0.25, -0.2) is 9.97 Å². The van der Waals surface area contributed by atoms with Crippen molar-refractivity contribution < 1.29 is 0 Å². The molecule has 0 spiro atoms.